The molecule has 1 aliphatic heterocycles. The van der Waals surface area contributed by atoms with Crippen LogP contribution in [0.3, 0.4) is 0 Å². The van der Waals surface area contributed by atoms with Crippen LogP contribution >= 0.6 is 0 Å². The zero-order chi connectivity index (χ0) is 30.0. The third kappa shape index (κ3) is 5.98. The molecule has 3 amide bonds. The zero-order valence-electron chi connectivity index (χ0n) is 23.8. The second-order valence-corrected chi connectivity index (χ2v) is 12.5. The smallest absolute Gasteiger partial charge is 0.322 e. The minimum Gasteiger partial charge on any atom is -0.495 e. The maximum Gasteiger partial charge on any atom is 0.322 e. The Labute approximate surface area is 250 Å². The molecule has 1 aliphatic carbocycles. The summed E-state index contributed by atoms with van der Waals surface area (Å²) in [5, 5.41) is 3.68. The molecule has 0 spiro atoms. The normalized spacial score (nSPS) is 15.6. The van der Waals surface area contributed by atoms with Crippen LogP contribution in [0, 0.1) is 0 Å². The Balaban J connectivity index is 1.05. The SMILES string of the molecule is COc1cc(C2CCC2)ccc1NC(=O)N1CCN(C(=O)c2ccc(NS(=O)(=O)c3cccc4cccnc34)cc2)CC1. The van der Waals surface area contributed by atoms with E-state index in [4.69, 9.17) is 4.74 Å². The summed E-state index contributed by atoms with van der Waals surface area (Å²) in [5.41, 5.74) is 3.02. The number of rotatable bonds is 7. The monoisotopic (exact) mass is 599 g/mol. The Bertz CT molecular complexity index is 1760. The van der Waals surface area contributed by atoms with E-state index < -0.39 is 10.0 Å². The molecule has 1 saturated carbocycles. The number of carbonyl (C=O) groups is 2. The zero-order valence-corrected chi connectivity index (χ0v) is 24.6. The minimum absolute atomic E-state index is 0.0804. The molecule has 0 unspecified atom stereocenters. The lowest BCUT2D eigenvalue weighted by Gasteiger charge is -2.35. The molecule has 0 atom stereocenters. The summed E-state index contributed by atoms with van der Waals surface area (Å²) < 4.78 is 34.3. The van der Waals surface area contributed by atoms with Crippen LogP contribution in [-0.4, -0.2) is 68.4 Å². The molecule has 0 bridgehead atoms. The highest BCUT2D eigenvalue weighted by Gasteiger charge is 2.26. The number of anilines is 2. The van der Waals surface area contributed by atoms with Crippen molar-refractivity contribution in [1.82, 2.24) is 14.8 Å². The molecule has 2 fully saturated rings. The fourth-order valence-electron chi connectivity index (χ4n) is 5.48. The van der Waals surface area contributed by atoms with Crippen molar-refractivity contribution in [2.24, 2.45) is 0 Å². The predicted octanol–water partition coefficient (Wildman–Crippen LogP) is 5.30. The summed E-state index contributed by atoms with van der Waals surface area (Å²) in [6, 6.07) is 20.6. The molecule has 1 saturated heterocycles. The Hall–Kier alpha value is -4.64. The van der Waals surface area contributed by atoms with E-state index in [-0.39, 0.29) is 16.8 Å². The summed E-state index contributed by atoms with van der Waals surface area (Å²) >= 11 is 0. The van der Waals surface area contributed by atoms with Gasteiger partial charge in [0.15, 0.2) is 0 Å². The van der Waals surface area contributed by atoms with Crippen LogP contribution in [0.15, 0.2) is 83.9 Å². The third-order valence-electron chi connectivity index (χ3n) is 8.17. The number of para-hydroxylation sites is 1. The lowest BCUT2D eigenvalue weighted by atomic mass is 9.80. The second kappa shape index (κ2) is 11.9. The van der Waals surface area contributed by atoms with Crippen molar-refractivity contribution in [3.05, 3.63) is 90.1 Å². The number of nitrogens with one attached hydrogen (secondary N) is 2. The number of hydrogen-bond acceptors (Lipinski definition) is 6. The van der Waals surface area contributed by atoms with E-state index in [1.807, 2.05) is 12.1 Å². The maximum atomic E-state index is 13.2. The Morgan fingerprint density at radius 3 is 2.33 bits per heavy atom. The molecule has 1 aromatic heterocycles. The minimum atomic E-state index is -3.90. The number of amides is 3. The molecular formula is C32H33N5O5S. The third-order valence-corrected chi connectivity index (χ3v) is 9.58. The number of pyridine rings is 1. The molecule has 10 nitrogen and oxygen atoms in total. The summed E-state index contributed by atoms with van der Waals surface area (Å²) in [6.45, 7) is 1.53. The lowest BCUT2D eigenvalue weighted by Crippen LogP contribution is -2.51. The first-order valence-corrected chi connectivity index (χ1v) is 15.8. The Morgan fingerprint density at radius 1 is 0.907 bits per heavy atom. The van der Waals surface area contributed by atoms with Gasteiger partial charge in [0, 0.05) is 49.0 Å². The van der Waals surface area contributed by atoms with Gasteiger partial charge in [-0.2, -0.15) is 0 Å². The van der Waals surface area contributed by atoms with Gasteiger partial charge >= 0.3 is 6.03 Å². The maximum absolute atomic E-state index is 13.2. The van der Waals surface area contributed by atoms with Crippen LogP contribution < -0.4 is 14.8 Å². The predicted molar refractivity (Wildman–Crippen MR) is 165 cm³/mol. The van der Waals surface area contributed by atoms with Gasteiger partial charge in [0.05, 0.1) is 18.3 Å². The van der Waals surface area contributed by atoms with Crippen LogP contribution in [-0.2, 0) is 10.0 Å². The van der Waals surface area contributed by atoms with Crippen LogP contribution in [0.25, 0.3) is 10.9 Å². The molecule has 3 aromatic carbocycles. The first-order valence-electron chi connectivity index (χ1n) is 14.3. The van der Waals surface area contributed by atoms with Gasteiger partial charge in [-0.1, -0.05) is 30.7 Å². The van der Waals surface area contributed by atoms with Gasteiger partial charge in [0.25, 0.3) is 15.9 Å². The second-order valence-electron chi connectivity index (χ2n) is 10.8. The fourth-order valence-corrected chi connectivity index (χ4v) is 6.72. The molecule has 43 heavy (non-hydrogen) atoms. The fraction of sp³-hybridized carbons (Fsp3) is 0.281. The molecule has 2 heterocycles. The van der Waals surface area contributed by atoms with Gasteiger partial charge < -0.3 is 19.9 Å². The highest BCUT2D eigenvalue weighted by Crippen LogP contribution is 2.39. The quantitative estimate of drug-likeness (QED) is 0.297. The number of methoxy groups -OCH3 is 1. The number of ether oxygens (including phenoxy) is 1. The van der Waals surface area contributed by atoms with Crippen molar-refractivity contribution in [3.8, 4) is 5.75 Å². The van der Waals surface area contributed by atoms with Gasteiger partial charge in [-0.3, -0.25) is 14.5 Å². The first-order chi connectivity index (χ1) is 20.8. The van der Waals surface area contributed by atoms with E-state index in [1.54, 1.807) is 71.6 Å². The van der Waals surface area contributed by atoms with Gasteiger partial charge in [-0.15, -0.1) is 0 Å². The van der Waals surface area contributed by atoms with Crippen LogP contribution in [0.2, 0.25) is 0 Å². The molecule has 6 rings (SSSR count). The number of urea groups is 1. The van der Waals surface area contributed by atoms with E-state index >= 15 is 0 Å². The van der Waals surface area contributed by atoms with Crippen LogP contribution in [0.1, 0.15) is 41.1 Å². The van der Waals surface area contributed by atoms with E-state index in [1.165, 1.54) is 30.9 Å². The standard InChI is InChI=1S/C32H33N5O5S/c1-42-28-21-25(22-5-2-6-22)12-15-27(28)34-32(39)37-19-17-36(18-20-37)31(38)24-10-13-26(14-11-24)35-43(40,41)29-9-3-7-23-8-4-16-33-30(23)29/h3-4,7-16,21-22,35H,2,5-6,17-20H2,1H3,(H,34,39). The number of nitrogens with zero attached hydrogens (tertiary/aromatic N) is 3. The van der Waals surface area contributed by atoms with E-state index in [0.717, 1.165) is 5.39 Å². The largest absolute Gasteiger partial charge is 0.495 e. The van der Waals surface area contributed by atoms with Crippen molar-refractivity contribution in [2.75, 3.05) is 43.3 Å². The molecule has 11 heteroatoms. The van der Waals surface area contributed by atoms with Gasteiger partial charge in [-0.05, 0) is 72.9 Å². The van der Waals surface area contributed by atoms with Gasteiger partial charge in [-0.25, -0.2) is 13.2 Å². The van der Waals surface area contributed by atoms with Crippen molar-refractivity contribution in [3.63, 3.8) is 0 Å². The molecule has 2 N–H and O–H groups in total. The topological polar surface area (TPSA) is 121 Å². The Morgan fingerprint density at radius 2 is 1.63 bits per heavy atom. The summed E-state index contributed by atoms with van der Waals surface area (Å²) in [5.74, 6) is 1.03. The van der Waals surface area contributed by atoms with Crippen molar-refractivity contribution >= 4 is 44.2 Å². The average Bonchev–Trinajstić information content (AvgIpc) is 3.00. The number of benzene rings is 3. The number of carbonyl (C=O) groups excluding carboxylic acids is 2. The highest BCUT2D eigenvalue weighted by molar-refractivity contribution is 7.93. The Kier molecular flexibility index (Phi) is 7.90. The van der Waals surface area contributed by atoms with Crippen LogP contribution in [0.4, 0.5) is 16.2 Å². The molecule has 2 aliphatic rings. The highest BCUT2D eigenvalue weighted by atomic mass is 32.2. The van der Waals surface area contributed by atoms with E-state index in [9.17, 15) is 18.0 Å². The number of sulfonamides is 1. The van der Waals surface area contributed by atoms with Gasteiger partial charge in [0.2, 0.25) is 0 Å². The van der Waals surface area contributed by atoms with Crippen molar-refractivity contribution in [2.45, 2.75) is 30.1 Å². The molecular weight excluding hydrogens is 566 g/mol. The van der Waals surface area contributed by atoms with Crippen LogP contribution in [0.5, 0.6) is 5.75 Å². The number of fused-ring (bicyclic) bond motifs is 1. The lowest BCUT2D eigenvalue weighted by molar-refractivity contribution is 0.0671. The summed E-state index contributed by atoms with van der Waals surface area (Å²) in [4.78, 5) is 33.9. The molecule has 222 valence electrons. The molecule has 4 aromatic rings. The van der Waals surface area contributed by atoms with Gasteiger partial charge in [0.1, 0.15) is 10.6 Å². The average molecular weight is 600 g/mol. The van der Waals surface area contributed by atoms with E-state index in [2.05, 4.69) is 21.1 Å². The molecule has 0 radical (unpaired) electrons. The number of piperazine rings is 1. The van der Waals surface area contributed by atoms with Crippen molar-refractivity contribution < 1.29 is 22.7 Å². The number of aromatic nitrogens is 1. The number of hydrogen-bond donors (Lipinski definition) is 2. The first kappa shape index (κ1) is 28.5. The van der Waals surface area contributed by atoms with Crippen molar-refractivity contribution in [1.29, 1.82) is 0 Å². The summed E-state index contributed by atoms with van der Waals surface area (Å²) in [7, 11) is -2.30. The summed E-state index contributed by atoms with van der Waals surface area (Å²) in [6.07, 6.45) is 5.17. The van der Waals surface area contributed by atoms with E-state index in [0.29, 0.717) is 60.3 Å².